The molecule has 0 radical (unpaired) electrons. The molecule has 2 saturated heterocycles. The SMILES string of the molecule is C=CC(=O)NC1C(C)(C)CN(S(=O)(=O)c2ccc(C(=O)N3CCCCC3)cc2)CC1(C)C. The van der Waals surface area contributed by atoms with Gasteiger partial charge in [-0.1, -0.05) is 34.3 Å². The first-order valence-corrected chi connectivity index (χ1v) is 12.6. The van der Waals surface area contributed by atoms with Crippen molar-refractivity contribution in [1.29, 1.82) is 0 Å². The average Bonchev–Trinajstić information content (AvgIpc) is 2.75. The van der Waals surface area contributed by atoms with Gasteiger partial charge in [0.15, 0.2) is 0 Å². The molecule has 0 saturated carbocycles. The topological polar surface area (TPSA) is 86.8 Å². The molecule has 0 atom stereocenters. The molecule has 2 heterocycles. The summed E-state index contributed by atoms with van der Waals surface area (Å²) in [6, 6.07) is 6.06. The van der Waals surface area contributed by atoms with Crippen molar-refractivity contribution in [2.24, 2.45) is 10.8 Å². The van der Waals surface area contributed by atoms with Crippen LogP contribution in [-0.2, 0) is 14.8 Å². The maximum atomic E-state index is 13.5. The van der Waals surface area contributed by atoms with Gasteiger partial charge in [-0.25, -0.2) is 8.42 Å². The number of nitrogens with zero attached hydrogens (tertiary/aromatic N) is 2. The highest BCUT2D eigenvalue weighted by atomic mass is 32.2. The van der Waals surface area contributed by atoms with Crippen LogP contribution in [0.5, 0.6) is 0 Å². The maximum Gasteiger partial charge on any atom is 0.253 e. The Kier molecular flexibility index (Phi) is 6.86. The third-order valence-corrected chi connectivity index (χ3v) is 8.39. The Morgan fingerprint density at radius 1 is 1.00 bits per heavy atom. The minimum atomic E-state index is -3.75. The zero-order valence-electron chi connectivity index (χ0n) is 19.6. The van der Waals surface area contributed by atoms with Gasteiger partial charge >= 0.3 is 0 Å². The van der Waals surface area contributed by atoms with E-state index >= 15 is 0 Å². The number of rotatable bonds is 5. The molecule has 176 valence electrons. The van der Waals surface area contributed by atoms with Gasteiger partial charge in [0.1, 0.15) is 0 Å². The second kappa shape index (κ2) is 8.98. The Balaban J connectivity index is 1.81. The third-order valence-electron chi connectivity index (χ3n) is 6.58. The molecule has 0 spiro atoms. The fraction of sp³-hybridized carbons (Fsp3) is 0.583. The van der Waals surface area contributed by atoms with Crippen LogP contribution in [0.1, 0.15) is 57.3 Å². The number of hydrogen-bond acceptors (Lipinski definition) is 4. The van der Waals surface area contributed by atoms with Gasteiger partial charge in [0, 0.05) is 37.8 Å². The number of benzene rings is 1. The molecule has 0 bridgehead atoms. The van der Waals surface area contributed by atoms with Crippen LogP contribution in [0, 0.1) is 10.8 Å². The van der Waals surface area contributed by atoms with Crippen LogP contribution in [0.25, 0.3) is 0 Å². The Morgan fingerprint density at radius 2 is 1.53 bits per heavy atom. The zero-order valence-corrected chi connectivity index (χ0v) is 20.4. The number of amides is 2. The summed E-state index contributed by atoms with van der Waals surface area (Å²) >= 11 is 0. The van der Waals surface area contributed by atoms with Gasteiger partial charge in [0.2, 0.25) is 15.9 Å². The number of nitrogens with one attached hydrogen (secondary N) is 1. The minimum Gasteiger partial charge on any atom is -0.349 e. The summed E-state index contributed by atoms with van der Waals surface area (Å²) in [5, 5.41) is 2.99. The summed E-state index contributed by atoms with van der Waals surface area (Å²) in [6.45, 7) is 13.4. The Bertz CT molecular complexity index is 959. The van der Waals surface area contributed by atoms with Crippen LogP contribution in [0.3, 0.4) is 0 Å². The smallest absolute Gasteiger partial charge is 0.253 e. The Hall–Kier alpha value is -2.19. The largest absolute Gasteiger partial charge is 0.349 e. The first kappa shape index (κ1) is 24.5. The standard InChI is InChI=1S/C24H35N3O4S/c1-6-20(28)25-22-23(2,3)16-27(17-24(22,4)5)32(30,31)19-12-10-18(11-13-19)21(29)26-14-8-7-9-15-26/h6,10-13,22H,1,7-9,14-17H2,2-5H3,(H,25,28). The first-order valence-electron chi connectivity index (χ1n) is 11.2. The van der Waals surface area contributed by atoms with Gasteiger partial charge in [0.25, 0.3) is 5.91 Å². The van der Waals surface area contributed by atoms with Gasteiger partial charge in [-0.15, -0.1) is 0 Å². The lowest BCUT2D eigenvalue weighted by molar-refractivity contribution is -0.120. The van der Waals surface area contributed by atoms with E-state index < -0.39 is 20.9 Å². The summed E-state index contributed by atoms with van der Waals surface area (Å²) in [4.78, 5) is 26.7. The second-order valence-electron chi connectivity index (χ2n) is 10.3. The van der Waals surface area contributed by atoms with Gasteiger partial charge in [-0.2, -0.15) is 4.31 Å². The highest BCUT2D eigenvalue weighted by molar-refractivity contribution is 7.89. The summed E-state index contributed by atoms with van der Waals surface area (Å²) in [6.07, 6.45) is 4.39. The van der Waals surface area contributed by atoms with Crippen LogP contribution >= 0.6 is 0 Å². The lowest BCUT2D eigenvalue weighted by Gasteiger charge is -2.52. The highest BCUT2D eigenvalue weighted by Gasteiger charge is 2.50. The molecule has 3 rings (SSSR count). The van der Waals surface area contributed by atoms with Crippen molar-refractivity contribution in [2.45, 2.75) is 57.9 Å². The quantitative estimate of drug-likeness (QED) is 0.683. The van der Waals surface area contributed by atoms with Crippen molar-refractivity contribution in [1.82, 2.24) is 14.5 Å². The predicted molar refractivity (Wildman–Crippen MR) is 125 cm³/mol. The van der Waals surface area contributed by atoms with Crippen LogP contribution < -0.4 is 5.32 Å². The molecule has 1 aromatic rings. The van der Waals surface area contributed by atoms with Crippen LogP contribution in [0.4, 0.5) is 0 Å². The third kappa shape index (κ3) is 4.91. The van der Waals surface area contributed by atoms with E-state index in [1.54, 1.807) is 12.1 Å². The molecule has 32 heavy (non-hydrogen) atoms. The van der Waals surface area contributed by atoms with Crippen molar-refractivity contribution in [2.75, 3.05) is 26.2 Å². The summed E-state index contributed by atoms with van der Waals surface area (Å²) in [7, 11) is -3.75. The number of sulfonamides is 1. The van der Waals surface area contributed by atoms with Crippen molar-refractivity contribution in [3.05, 3.63) is 42.5 Å². The molecular weight excluding hydrogens is 426 g/mol. The summed E-state index contributed by atoms with van der Waals surface area (Å²) in [5.74, 6) is -0.309. The second-order valence-corrected chi connectivity index (χ2v) is 12.2. The van der Waals surface area contributed by atoms with E-state index in [2.05, 4.69) is 11.9 Å². The molecular formula is C24H35N3O4S. The molecule has 1 aromatic carbocycles. The minimum absolute atomic E-state index is 0.0466. The molecule has 0 unspecified atom stereocenters. The molecule has 2 fully saturated rings. The van der Waals surface area contributed by atoms with Gasteiger partial charge in [-0.05, 0) is 60.4 Å². The van der Waals surface area contributed by atoms with E-state index in [0.717, 1.165) is 32.4 Å². The summed E-state index contributed by atoms with van der Waals surface area (Å²) < 4.78 is 28.4. The van der Waals surface area contributed by atoms with E-state index in [9.17, 15) is 18.0 Å². The lowest BCUT2D eigenvalue weighted by Crippen LogP contribution is -2.64. The zero-order chi connectivity index (χ0) is 23.7. The fourth-order valence-corrected chi connectivity index (χ4v) is 6.95. The fourth-order valence-electron chi connectivity index (χ4n) is 5.17. The Morgan fingerprint density at radius 3 is 2.03 bits per heavy atom. The highest BCUT2D eigenvalue weighted by Crippen LogP contribution is 2.42. The lowest BCUT2D eigenvalue weighted by atomic mass is 9.67. The number of carbonyl (C=O) groups excluding carboxylic acids is 2. The van der Waals surface area contributed by atoms with Crippen molar-refractivity contribution < 1.29 is 18.0 Å². The molecule has 2 aliphatic heterocycles. The van der Waals surface area contributed by atoms with Gasteiger partial charge < -0.3 is 10.2 Å². The molecule has 0 aromatic heterocycles. The number of piperidine rings is 2. The number of carbonyl (C=O) groups is 2. The van der Waals surface area contributed by atoms with Gasteiger partial charge in [0.05, 0.1) is 4.90 Å². The Labute approximate surface area is 191 Å². The predicted octanol–water partition coefficient (Wildman–Crippen LogP) is 3.04. The van der Waals surface area contributed by atoms with E-state index in [1.165, 1.54) is 22.5 Å². The normalized spacial score (nSPS) is 21.7. The monoisotopic (exact) mass is 461 g/mol. The number of hydrogen-bond donors (Lipinski definition) is 1. The molecule has 8 heteroatoms. The maximum absolute atomic E-state index is 13.5. The van der Waals surface area contributed by atoms with Crippen molar-refractivity contribution in [3.8, 4) is 0 Å². The summed E-state index contributed by atoms with van der Waals surface area (Å²) in [5.41, 5.74) is -0.465. The molecule has 2 amide bonds. The first-order chi connectivity index (χ1) is 14.9. The van der Waals surface area contributed by atoms with E-state index in [1.807, 2.05) is 32.6 Å². The number of likely N-dealkylation sites (tertiary alicyclic amines) is 1. The van der Waals surface area contributed by atoms with E-state index in [-0.39, 0.29) is 35.8 Å². The van der Waals surface area contributed by atoms with E-state index in [4.69, 9.17) is 0 Å². The molecule has 0 aliphatic carbocycles. The molecule has 2 aliphatic rings. The van der Waals surface area contributed by atoms with Crippen LogP contribution in [0.2, 0.25) is 0 Å². The molecule has 7 nitrogen and oxygen atoms in total. The molecule has 1 N–H and O–H groups in total. The van der Waals surface area contributed by atoms with Crippen molar-refractivity contribution in [3.63, 3.8) is 0 Å². The van der Waals surface area contributed by atoms with Gasteiger partial charge in [-0.3, -0.25) is 9.59 Å². The van der Waals surface area contributed by atoms with E-state index in [0.29, 0.717) is 5.56 Å². The van der Waals surface area contributed by atoms with Crippen LogP contribution in [0.15, 0.2) is 41.8 Å². The average molecular weight is 462 g/mol. The van der Waals surface area contributed by atoms with Crippen LogP contribution in [-0.4, -0.2) is 61.7 Å². The van der Waals surface area contributed by atoms with Crippen molar-refractivity contribution >= 4 is 21.8 Å².